The van der Waals surface area contributed by atoms with Crippen LogP contribution < -0.4 is 5.32 Å². The molecule has 2 N–H and O–H groups in total. The van der Waals surface area contributed by atoms with Crippen molar-refractivity contribution in [3.05, 3.63) is 29.8 Å². The van der Waals surface area contributed by atoms with Crippen LogP contribution in [0.3, 0.4) is 0 Å². The zero-order valence-electron chi connectivity index (χ0n) is 10.3. The lowest BCUT2D eigenvalue weighted by Crippen LogP contribution is -2.14. The third-order valence-electron chi connectivity index (χ3n) is 2.44. The quantitative estimate of drug-likeness (QED) is 0.781. The molecule has 1 aromatic rings. The molecule has 0 spiro atoms. The number of hydrogen-bond acceptors (Lipinski definition) is 3. The standard InChI is InChI=1S/C13H15NO4/c1-8(13(17)18)7-12(16)10-3-5-11(6-4-10)14-9(2)15/h3-6,8H,7H2,1-2H3,(H,14,15)(H,17,18). The minimum atomic E-state index is -0.988. The Labute approximate surface area is 105 Å². The van der Waals surface area contributed by atoms with Gasteiger partial charge in [-0.25, -0.2) is 0 Å². The highest BCUT2D eigenvalue weighted by Gasteiger charge is 2.16. The molecule has 1 atom stereocenters. The summed E-state index contributed by atoms with van der Waals surface area (Å²) in [6.45, 7) is 2.89. The van der Waals surface area contributed by atoms with Crippen LogP contribution in [-0.4, -0.2) is 22.8 Å². The average molecular weight is 249 g/mol. The van der Waals surface area contributed by atoms with E-state index in [0.717, 1.165) is 0 Å². The van der Waals surface area contributed by atoms with E-state index in [4.69, 9.17) is 5.11 Å². The van der Waals surface area contributed by atoms with Crippen molar-refractivity contribution in [3.8, 4) is 0 Å². The highest BCUT2D eigenvalue weighted by molar-refractivity contribution is 5.98. The predicted molar refractivity (Wildman–Crippen MR) is 66.5 cm³/mol. The van der Waals surface area contributed by atoms with E-state index < -0.39 is 11.9 Å². The highest BCUT2D eigenvalue weighted by atomic mass is 16.4. The number of hydrogen-bond donors (Lipinski definition) is 2. The number of nitrogens with one attached hydrogen (secondary N) is 1. The Morgan fingerprint density at radius 2 is 1.78 bits per heavy atom. The summed E-state index contributed by atoms with van der Waals surface area (Å²) in [7, 11) is 0. The van der Waals surface area contributed by atoms with Crippen molar-refractivity contribution in [2.45, 2.75) is 20.3 Å². The molecule has 1 amide bonds. The van der Waals surface area contributed by atoms with Gasteiger partial charge in [-0.1, -0.05) is 6.92 Å². The van der Waals surface area contributed by atoms with E-state index in [1.165, 1.54) is 13.8 Å². The number of Topliss-reactive ketones (excluding diaryl/α,β-unsaturated/α-hetero) is 1. The molecule has 1 unspecified atom stereocenters. The van der Waals surface area contributed by atoms with Gasteiger partial charge in [0.05, 0.1) is 5.92 Å². The largest absolute Gasteiger partial charge is 0.481 e. The number of carboxylic acid groups (broad SMARTS) is 1. The molecule has 0 bridgehead atoms. The van der Waals surface area contributed by atoms with Gasteiger partial charge < -0.3 is 10.4 Å². The first kappa shape index (κ1) is 13.9. The van der Waals surface area contributed by atoms with E-state index in [-0.39, 0.29) is 18.1 Å². The molecule has 96 valence electrons. The maximum atomic E-state index is 11.7. The van der Waals surface area contributed by atoms with Crippen molar-refractivity contribution in [3.63, 3.8) is 0 Å². The molecule has 0 saturated heterocycles. The highest BCUT2D eigenvalue weighted by Crippen LogP contribution is 2.14. The zero-order chi connectivity index (χ0) is 13.7. The monoisotopic (exact) mass is 249 g/mol. The molecular weight excluding hydrogens is 234 g/mol. The molecule has 1 rings (SSSR count). The van der Waals surface area contributed by atoms with E-state index in [1.807, 2.05) is 0 Å². The van der Waals surface area contributed by atoms with Crippen LogP contribution in [0, 0.1) is 5.92 Å². The number of carbonyl (C=O) groups is 3. The topological polar surface area (TPSA) is 83.5 Å². The molecule has 5 nitrogen and oxygen atoms in total. The molecule has 0 radical (unpaired) electrons. The third kappa shape index (κ3) is 4.01. The second kappa shape index (κ2) is 5.95. The molecule has 0 aliphatic carbocycles. The lowest BCUT2D eigenvalue weighted by atomic mass is 10.00. The fraction of sp³-hybridized carbons (Fsp3) is 0.308. The predicted octanol–water partition coefficient (Wildman–Crippen LogP) is 1.94. The van der Waals surface area contributed by atoms with Crippen LogP contribution in [0.15, 0.2) is 24.3 Å². The van der Waals surface area contributed by atoms with Crippen molar-refractivity contribution < 1.29 is 19.5 Å². The first-order valence-electron chi connectivity index (χ1n) is 5.54. The number of aliphatic carboxylic acids is 1. The van der Waals surface area contributed by atoms with Gasteiger partial charge in [-0.2, -0.15) is 0 Å². The van der Waals surface area contributed by atoms with E-state index in [1.54, 1.807) is 24.3 Å². The minimum absolute atomic E-state index is 0.0329. The summed E-state index contributed by atoms with van der Waals surface area (Å²) >= 11 is 0. The molecule has 5 heteroatoms. The van der Waals surface area contributed by atoms with Crippen molar-refractivity contribution in [1.82, 2.24) is 0 Å². The van der Waals surface area contributed by atoms with Crippen molar-refractivity contribution in [1.29, 1.82) is 0 Å². The molecule has 0 fully saturated rings. The number of benzene rings is 1. The number of ketones is 1. The van der Waals surface area contributed by atoms with Crippen molar-refractivity contribution >= 4 is 23.3 Å². The Kier molecular flexibility index (Phi) is 4.59. The van der Waals surface area contributed by atoms with Crippen LogP contribution in [0.1, 0.15) is 30.6 Å². The van der Waals surface area contributed by atoms with Gasteiger partial charge in [0.1, 0.15) is 0 Å². The number of carbonyl (C=O) groups excluding carboxylic acids is 2. The van der Waals surface area contributed by atoms with E-state index in [0.29, 0.717) is 11.3 Å². The first-order chi connectivity index (χ1) is 8.40. The molecule has 0 saturated carbocycles. The average Bonchev–Trinajstić information content (AvgIpc) is 2.28. The summed E-state index contributed by atoms with van der Waals surface area (Å²) in [5, 5.41) is 11.3. The smallest absolute Gasteiger partial charge is 0.306 e. The molecular formula is C13H15NO4. The van der Waals surface area contributed by atoms with E-state index in [9.17, 15) is 14.4 Å². The number of rotatable bonds is 5. The third-order valence-corrected chi connectivity index (χ3v) is 2.44. The normalized spacial score (nSPS) is 11.7. The van der Waals surface area contributed by atoms with Gasteiger partial charge in [-0.3, -0.25) is 14.4 Å². The first-order valence-corrected chi connectivity index (χ1v) is 5.54. The number of amides is 1. The summed E-state index contributed by atoms with van der Waals surface area (Å²) in [6.07, 6.45) is -0.0329. The van der Waals surface area contributed by atoms with Crippen LogP contribution in [0.5, 0.6) is 0 Å². The Hall–Kier alpha value is -2.17. The van der Waals surface area contributed by atoms with Crippen LogP contribution >= 0.6 is 0 Å². The van der Waals surface area contributed by atoms with E-state index in [2.05, 4.69) is 5.32 Å². The second-order valence-electron chi connectivity index (χ2n) is 4.13. The fourth-order valence-corrected chi connectivity index (χ4v) is 1.43. The van der Waals surface area contributed by atoms with Gasteiger partial charge in [0.15, 0.2) is 5.78 Å². The van der Waals surface area contributed by atoms with Gasteiger partial charge in [0, 0.05) is 24.6 Å². The van der Waals surface area contributed by atoms with Crippen LogP contribution in [0.2, 0.25) is 0 Å². The summed E-state index contributed by atoms with van der Waals surface area (Å²) in [5.74, 6) is -2.10. The number of anilines is 1. The van der Waals surface area contributed by atoms with Gasteiger partial charge in [0.2, 0.25) is 5.91 Å². The summed E-state index contributed by atoms with van der Waals surface area (Å²) in [6, 6.07) is 6.37. The molecule has 0 aliphatic heterocycles. The lowest BCUT2D eigenvalue weighted by molar-refractivity contribution is -0.141. The Bertz CT molecular complexity index is 464. The maximum Gasteiger partial charge on any atom is 0.306 e. The fourth-order valence-electron chi connectivity index (χ4n) is 1.43. The lowest BCUT2D eigenvalue weighted by Gasteiger charge is -2.06. The molecule has 1 aromatic carbocycles. The maximum absolute atomic E-state index is 11.7. The van der Waals surface area contributed by atoms with Gasteiger partial charge >= 0.3 is 5.97 Å². The van der Waals surface area contributed by atoms with Crippen LogP contribution in [-0.2, 0) is 9.59 Å². The van der Waals surface area contributed by atoms with Gasteiger partial charge in [-0.05, 0) is 24.3 Å². The Balaban J connectivity index is 2.70. The molecule has 0 aliphatic rings. The van der Waals surface area contributed by atoms with Gasteiger partial charge in [-0.15, -0.1) is 0 Å². The molecule has 0 aromatic heterocycles. The van der Waals surface area contributed by atoms with Crippen LogP contribution in [0.25, 0.3) is 0 Å². The summed E-state index contributed by atoms with van der Waals surface area (Å²) in [4.78, 5) is 33.2. The molecule has 18 heavy (non-hydrogen) atoms. The molecule has 0 heterocycles. The van der Waals surface area contributed by atoms with E-state index >= 15 is 0 Å². The Morgan fingerprint density at radius 1 is 1.22 bits per heavy atom. The summed E-state index contributed by atoms with van der Waals surface area (Å²) < 4.78 is 0. The zero-order valence-corrected chi connectivity index (χ0v) is 10.3. The number of carboxylic acids is 1. The van der Waals surface area contributed by atoms with Crippen LogP contribution in [0.4, 0.5) is 5.69 Å². The minimum Gasteiger partial charge on any atom is -0.481 e. The second-order valence-corrected chi connectivity index (χ2v) is 4.13. The SMILES string of the molecule is CC(=O)Nc1ccc(C(=O)CC(C)C(=O)O)cc1. The van der Waals surface area contributed by atoms with Crippen molar-refractivity contribution in [2.75, 3.05) is 5.32 Å². The Morgan fingerprint density at radius 3 is 2.22 bits per heavy atom. The van der Waals surface area contributed by atoms with Gasteiger partial charge in [0.25, 0.3) is 0 Å². The van der Waals surface area contributed by atoms with Crippen molar-refractivity contribution in [2.24, 2.45) is 5.92 Å². The summed E-state index contributed by atoms with van der Waals surface area (Å²) in [5.41, 5.74) is 1.04.